The van der Waals surface area contributed by atoms with Gasteiger partial charge in [-0.2, -0.15) is 0 Å². The van der Waals surface area contributed by atoms with E-state index in [0.717, 1.165) is 18.8 Å². The maximum absolute atomic E-state index is 11.7. The van der Waals surface area contributed by atoms with E-state index in [4.69, 9.17) is 4.74 Å². The quantitative estimate of drug-likeness (QED) is 0.708. The molecule has 1 N–H and O–H groups in total. The van der Waals surface area contributed by atoms with Gasteiger partial charge in [-0.05, 0) is 38.5 Å². The third-order valence-corrected chi connectivity index (χ3v) is 3.28. The second kappa shape index (κ2) is 6.89. The molecule has 1 rings (SSSR count). The maximum atomic E-state index is 11.7. The van der Waals surface area contributed by atoms with Crippen LogP contribution >= 0.6 is 0 Å². The second-order valence-corrected chi connectivity index (χ2v) is 4.88. The van der Waals surface area contributed by atoms with Gasteiger partial charge in [0.25, 0.3) is 0 Å². The number of hydrogen-bond acceptors (Lipinski definition) is 3. The number of esters is 1. The van der Waals surface area contributed by atoms with Crippen molar-refractivity contribution in [1.29, 1.82) is 0 Å². The van der Waals surface area contributed by atoms with E-state index in [2.05, 4.69) is 19.2 Å². The van der Waals surface area contributed by atoms with Crippen LogP contribution in [0.5, 0.6) is 0 Å². The molecule has 3 unspecified atom stereocenters. The molecular weight excluding hydrogens is 202 g/mol. The standard InChI is InChI=1S/C13H25NO2/c1-4-6-12(13(15)16-5-2)14-11-8-7-10(3)9-11/h10-12,14H,4-9H2,1-3H3. The Hall–Kier alpha value is -0.570. The highest BCUT2D eigenvalue weighted by Crippen LogP contribution is 2.25. The minimum absolute atomic E-state index is 0.0797. The summed E-state index contributed by atoms with van der Waals surface area (Å²) in [5, 5.41) is 3.46. The Morgan fingerprint density at radius 3 is 2.69 bits per heavy atom. The lowest BCUT2D eigenvalue weighted by molar-refractivity contribution is -0.146. The predicted molar refractivity (Wildman–Crippen MR) is 65.3 cm³/mol. The topological polar surface area (TPSA) is 38.3 Å². The zero-order valence-electron chi connectivity index (χ0n) is 10.8. The Morgan fingerprint density at radius 2 is 2.19 bits per heavy atom. The fourth-order valence-electron chi connectivity index (χ4n) is 2.44. The molecule has 3 heteroatoms. The number of rotatable bonds is 6. The minimum Gasteiger partial charge on any atom is -0.465 e. The van der Waals surface area contributed by atoms with Gasteiger partial charge < -0.3 is 10.1 Å². The molecule has 0 radical (unpaired) electrons. The first-order valence-electron chi connectivity index (χ1n) is 6.60. The van der Waals surface area contributed by atoms with Gasteiger partial charge in [-0.25, -0.2) is 0 Å². The highest BCUT2D eigenvalue weighted by molar-refractivity contribution is 5.75. The molecular formula is C13H25NO2. The zero-order valence-corrected chi connectivity index (χ0v) is 10.8. The van der Waals surface area contributed by atoms with E-state index in [1.807, 2.05) is 6.92 Å². The average Bonchev–Trinajstić information content (AvgIpc) is 2.64. The molecule has 0 aromatic carbocycles. The van der Waals surface area contributed by atoms with Crippen molar-refractivity contribution in [3.63, 3.8) is 0 Å². The summed E-state index contributed by atoms with van der Waals surface area (Å²) >= 11 is 0. The van der Waals surface area contributed by atoms with Crippen LogP contribution in [0.25, 0.3) is 0 Å². The summed E-state index contributed by atoms with van der Waals surface area (Å²) in [6.45, 7) is 6.71. The molecule has 3 nitrogen and oxygen atoms in total. The molecule has 0 heterocycles. The van der Waals surface area contributed by atoms with E-state index >= 15 is 0 Å². The zero-order chi connectivity index (χ0) is 12.0. The first kappa shape index (κ1) is 13.5. The van der Waals surface area contributed by atoms with Crippen molar-refractivity contribution >= 4 is 5.97 Å². The molecule has 1 fully saturated rings. The van der Waals surface area contributed by atoms with Crippen molar-refractivity contribution in [2.45, 2.75) is 65.0 Å². The molecule has 16 heavy (non-hydrogen) atoms. The Kier molecular flexibility index (Phi) is 5.81. The highest BCUT2D eigenvalue weighted by Gasteiger charge is 2.27. The molecule has 0 aromatic heterocycles. The molecule has 1 aliphatic rings. The normalized spacial score (nSPS) is 26.7. The Bertz CT molecular complexity index is 218. The first-order chi connectivity index (χ1) is 7.67. The van der Waals surface area contributed by atoms with Gasteiger partial charge in [0.1, 0.15) is 6.04 Å². The summed E-state index contributed by atoms with van der Waals surface area (Å²) in [6.07, 6.45) is 5.56. The molecule has 0 aromatic rings. The van der Waals surface area contributed by atoms with Crippen molar-refractivity contribution in [1.82, 2.24) is 5.32 Å². The summed E-state index contributed by atoms with van der Waals surface area (Å²) in [5.41, 5.74) is 0. The van der Waals surface area contributed by atoms with Gasteiger partial charge >= 0.3 is 5.97 Å². The number of nitrogens with one attached hydrogen (secondary N) is 1. The van der Waals surface area contributed by atoms with Gasteiger partial charge in [-0.1, -0.05) is 20.3 Å². The number of carbonyl (C=O) groups excluding carboxylic acids is 1. The van der Waals surface area contributed by atoms with Gasteiger partial charge in [-0.3, -0.25) is 4.79 Å². The summed E-state index contributed by atoms with van der Waals surface area (Å²) < 4.78 is 5.09. The van der Waals surface area contributed by atoms with Crippen molar-refractivity contribution < 1.29 is 9.53 Å². The van der Waals surface area contributed by atoms with Crippen molar-refractivity contribution in [2.75, 3.05) is 6.61 Å². The lowest BCUT2D eigenvalue weighted by atomic mass is 10.1. The number of ether oxygens (including phenoxy) is 1. The molecule has 0 bridgehead atoms. The van der Waals surface area contributed by atoms with Crippen LogP contribution in [0, 0.1) is 5.92 Å². The lowest BCUT2D eigenvalue weighted by Crippen LogP contribution is -2.43. The van der Waals surface area contributed by atoms with E-state index in [-0.39, 0.29) is 12.0 Å². The highest BCUT2D eigenvalue weighted by atomic mass is 16.5. The van der Waals surface area contributed by atoms with Crippen molar-refractivity contribution in [3.8, 4) is 0 Å². The Morgan fingerprint density at radius 1 is 1.44 bits per heavy atom. The molecule has 0 spiro atoms. The third kappa shape index (κ3) is 4.12. The fourth-order valence-corrected chi connectivity index (χ4v) is 2.44. The van der Waals surface area contributed by atoms with Crippen LogP contribution in [0.15, 0.2) is 0 Å². The van der Waals surface area contributed by atoms with Crippen LogP contribution in [0.2, 0.25) is 0 Å². The van der Waals surface area contributed by atoms with E-state index in [0.29, 0.717) is 12.6 Å². The smallest absolute Gasteiger partial charge is 0.323 e. The summed E-state index contributed by atoms with van der Waals surface area (Å²) in [6, 6.07) is 0.413. The van der Waals surface area contributed by atoms with Crippen LogP contribution in [-0.2, 0) is 9.53 Å². The van der Waals surface area contributed by atoms with Crippen LogP contribution in [0.4, 0.5) is 0 Å². The molecule has 0 amide bonds. The van der Waals surface area contributed by atoms with Crippen LogP contribution in [0.3, 0.4) is 0 Å². The summed E-state index contributed by atoms with van der Waals surface area (Å²) in [4.78, 5) is 11.7. The molecule has 1 aliphatic carbocycles. The maximum Gasteiger partial charge on any atom is 0.323 e. The Balaban J connectivity index is 2.40. The summed E-state index contributed by atoms with van der Waals surface area (Å²) in [5.74, 6) is 0.714. The van der Waals surface area contributed by atoms with Gasteiger partial charge in [0, 0.05) is 6.04 Å². The lowest BCUT2D eigenvalue weighted by Gasteiger charge is -2.21. The second-order valence-electron chi connectivity index (χ2n) is 4.88. The van der Waals surface area contributed by atoms with Gasteiger partial charge in [0.15, 0.2) is 0 Å². The fraction of sp³-hybridized carbons (Fsp3) is 0.923. The monoisotopic (exact) mass is 227 g/mol. The van der Waals surface area contributed by atoms with Crippen LogP contribution in [-0.4, -0.2) is 24.7 Å². The van der Waals surface area contributed by atoms with Crippen molar-refractivity contribution in [3.05, 3.63) is 0 Å². The van der Waals surface area contributed by atoms with Crippen molar-refractivity contribution in [2.24, 2.45) is 5.92 Å². The summed E-state index contributed by atoms with van der Waals surface area (Å²) in [7, 11) is 0. The molecule has 0 aliphatic heterocycles. The number of carbonyl (C=O) groups is 1. The third-order valence-electron chi connectivity index (χ3n) is 3.28. The van der Waals surface area contributed by atoms with E-state index < -0.39 is 0 Å². The molecule has 3 atom stereocenters. The molecule has 94 valence electrons. The van der Waals surface area contributed by atoms with Gasteiger partial charge in [-0.15, -0.1) is 0 Å². The van der Waals surface area contributed by atoms with E-state index in [9.17, 15) is 4.79 Å². The average molecular weight is 227 g/mol. The molecule has 1 saturated carbocycles. The Labute approximate surface area is 98.9 Å². The minimum atomic E-state index is -0.0970. The first-order valence-corrected chi connectivity index (χ1v) is 6.60. The van der Waals surface area contributed by atoms with E-state index in [1.54, 1.807) is 0 Å². The van der Waals surface area contributed by atoms with Crippen LogP contribution < -0.4 is 5.32 Å². The van der Waals surface area contributed by atoms with E-state index in [1.165, 1.54) is 19.3 Å². The predicted octanol–water partition coefficient (Wildman–Crippen LogP) is 2.50. The largest absolute Gasteiger partial charge is 0.465 e. The van der Waals surface area contributed by atoms with Gasteiger partial charge in [0.2, 0.25) is 0 Å². The SMILES string of the molecule is CCCC(NC1CCC(C)C1)C(=O)OCC. The molecule has 0 saturated heterocycles. The number of hydrogen-bond donors (Lipinski definition) is 1. The van der Waals surface area contributed by atoms with Crippen LogP contribution in [0.1, 0.15) is 52.9 Å². The van der Waals surface area contributed by atoms with Gasteiger partial charge in [0.05, 0.1) is 6.61 Å².